The van der Waals surface area contributed by atoms with Crippen molar-refractivity contribution in [1.29, 1.82) is 0 Å². The van der Waals surface area contributed by atoms with Crippen LogP contribution in [0.1, 0.15) is 44.2 Å². The topological polar surface area (TPSA) is 42.1 Å². The van der Waals surface area contributed by atoms with Crippen molar-refractivity contribution < 1.29 is 0 Å². The van der Waals surface area contributed by atoms with Crippen molar-refractivity contribution >= 4 is 5.82 Å². The fraction of sp³-hybridized carbons (Fsp3) is 0.615. The predicted molar refractivity (Wildman–Crippen MR) is 67.5 cm³/mol. The molecule has 0 amide bonds. The van der Waals surface area contributed by atoms with E-state index < -0.39 is 0 Å². The lowest BCUT2D eigenvalue weighted by molar-refractivity contribution is 0.726. The van der Waals surface area contributed by atoms with E-state index in [4.69, 9.17) is 5.73 Å². The van der Waals surface area contributed by atoms with Crippen LogP contribution in [0.2, 0.25) is 0 Å². The Morgan fingerprint density at radius 1 is 1.25 bits per heavy atom. The molecular weight excluding hydrogens is 198 g/mol. The minimum absolute atomic E-state index is 0.0620. The van der Waals surface area contributed by atoms with Crippen LogP contribution >= 0.6 is 0 Å². The SMILES string of the molecule is C[C@H](N)c1cccnc1N1CCCCCC1. The molecule has 0 unspecified atom stereocenters. The third kappa shape index (κ3) is 2.53. The summed E-state index contributed by atoms with van der Waals surface area (Å²) in [6.07, 6.45) is 7.10. The second-order valence-electron chi connectivity index (χ2n) is 4.61. The van der Waals surface area contributed by atoms with Crippen LogP contribution in [-0.4, -0.2) is 18.1 Å². The minimum atomic E-state index is 0.0620. The number of anilines is 1. The van der Waals surface area contributed by atoms with Gasteiger partial charge in [0.25, 0.3) is 0 Å². The fourth-order valence-electron chi connectivity index (χ4n) is 2.31. The van der Waals surface area contributed by atoms with Gasteiger partial charge in [-0.3, -0.25) is 0 Å². The molecule has 1 aromatic heterocycles. The number of hydrogen-bond donors (Lipinski definition) is 1. The first-order valence-corrected chi connectivity index (χ1v) is 6.24. The van der Waals surface area contributed by atoms with E-state index in [1.807, 2.05) is 19.2 Å². The van der Waals surface area contributed by atoms with E-state index in [1.165, 1.54) is 31.2 Å². The van der Waals surface area contributed by atoms with Crippen LogP contribution in [0, 0.1) is 0 Å². The molecule has 1 fully saturated rings. The second kappa shape index (κ2) is 5.30. The van der Waals surface area contributed by atoms with Gasteiger partial charge in [0, 0.05) is 30.9 Å². The summed E-state index contributed by atoms with van der Waals surface area (Å²) in [4.78, 5) is 6.91. The average Bonchev–Trinajstić information content (AvgIpc) is 2.57. The van der Waals surface area contributed by atoms with Crippen LogP contribution in [-0.2, 0) is 0 Å². The van der Waals surface area contributed by atoms with E-state index in [1.54, 1.807) is 0 Å². The van der Waals surface area contributed by atoms with Gasteiger partial charge in [0.1, 0.15) is 5.82 Å². The quantitative estimate of drug-likeness (QED) is 0.831. The molecule has 0 radical (unpaired) electrons. The van der Waals surface area contributed by atoms with Crippen LogP contribution in [0.3, 0.4) is 0 Å². The van der Waals surface area contributed by atoms with E-state index in [-0.39, 0.29) is 6.04 Å². The van der Waals surface area contributed by atoms with Gasteiger partial charge in [-0.2, -0.15) is 0 Å². The van der Waals surface area contributed by atoms with Crippen LogP contribution in [0.25, 0.3) is 0 Å². The van der Waals surface area contributed by atoms with Gasteiger partial charge >= 0.3 is 0 Å². The van der Waals surface area contributed by atoms with Gasteiger partial charge < -0.3 is 10.6 Å². The highest BCUT2D eigenvalue weighted by molar-refractivity contribution is 5.48. The van der Waals surface area contributed by atoms with Gasteiger partial charge in [0.2, 0.25) is 0 Å². The molecule has 2 N–H and O–H groups in total. The zero-order valence-corrected chi connectivity index (χ0v) is 10.0. The van der Waals surface area contributed by atoms with Crippen molar-refractivity contribution in [3.05, 3.63) is 23.9 Å². The maximum Gasteiger partial charge on any atom is 0.133 e. The first kappa shape index (κ1) is 11.4. The van der Waals surface area contributed by atoms with Crippen molar-refractivity contribution in [2.45, 2.75) is 38.6 Å². The normalized spacial score (nSPS) is 19.2. The van der Waals surface area contributed by atoms with E-state index >= 15 is 0 Å². The molecule has 1 aliphatic rings. The predicted octanol–water partition coefficient (Wildman–Crippen LogP) is 2.48. The Kier molecular flexibility index (Phi) is 3.78. The lowest BCUT2D eigenvalue weighted by Crippen LogP contribution is -2.27. The highest BCUT2D eigenvalue weighted by Crippen LogP contribution is 2.24. The second-order valence-corrected chi connectivity index (χ2v) is 4.61. The molecule has 0 aromatic carbocycles. The molecule has 1 saturated heterocycles. The zero-order valence-electron chi connectivity index (χ0n) is 10.0. The lowest BCUT2D eigenvalue weighted by Gasteiger charge is -2.25. The Morgan fingerprint density at radius 2 is 1.94 bits per heavy atom. The summed E-state index contributed by atoms with van der Waals surface area (Å²) in [5.41, 5.74) is 7.16. The maximum atomic E-state index is 5.99. The molecule has 0 bridgehead atoms. The summed E-state index contributed by atoms with van der Waals surface area (Å²) in [5.74, 6) is 1.10. The number of pyridine rings is 1. The maximum absolute atomic E-state index is 5.99. The molecule has 3 heteroatoms. The molecule has 0 saturated carbocycles. The van der Waals surface area contributed by atoms with Crippen molar-refractivity contribution in [2.75, 3.05) is 18.0 Å². The molecule has 88 valence electrons. The molecule has 16 heavy (non-hydrogen) atoms. The summed E-state index contributed by atoms with van der Waals surface area (Å²) in [6, 6.07) is 4.13. The van der Waals surface area contributed by atoms with Crippen molar-refractivity contribution in [2.24, 2.45) is 5.73 Å². The summed E-state index contributed by atoms with van der Waals surface area (Å²) < 4.78 is 0. The number of nitrogens with two attached hydrogens (primary N) is 1. The Morgan fingerprint density at radius 3 is 2.56 bits per heavy atom. The van der Waals surface area contributed by atoms with Gasteiger partial charge in [0.05, 0.1) is 0 Å². The standard InChI is InChI=1S/C13H21N3/c1-11(14)12-7-6-8-15-13(12)16-9-4-2-3-5-10-16/h6-8,11H,2-5,9-10,14H2,1H3/t11-/m0/s1. The Bertz CT molecular complexity index is 328. The summed E-state index contributed by atoms with van der Waals surface area (Å²) in [7, 11) is 0. The Balaban J connectivity index is 2.23. The van der Waals surface area contributed by atoms with Gasteiger partial charge in [-0.25, -0.2) is 4.98 Å². The molecule has 1 atom stereocenters. The van der Waals surface area contributed by atoms with Gasteiger partial charge in [-0.1, -0.05) is 18.9 Å². The minimum Gasteiger partial charge on any atom is -0.356 e. The monoisotopic (exact) mass is 219 g/mol. The van der Waals surface area contributed by atoms with Crippen LogP contribution in [0.4, 0.5) is 5.82 Å². The molecule has 0 spiro atoms. The molecular formula is C13H21N3. The van der Waals surface area contributed by atoms with Crippen LogP contribution in [0.5, 0.6) is 0 Å². The average molecular weight is 219 g/mol. The van der Waals surface area contributed by atoms with Gasteiger partial charge in [-0.15, -0.1) is 0 Å². The number of nitrogens with zero attached hydrogens (tertiary/aromatic N) is 2. The van der Waals surface area contributed by atoms with E-state index in [9.17, 15) is 0 Å². The molecule has 2 heterocycles. The van der Waals surface area contributed by atoms with Gasteiger partial charge in [0.15, 0.2) is 0 Å². The fourth-order valence-corrected chi connectivity index (χ4v) is 2.31. The molecule has 2 rings (SSSR count). The molecule has 1 aromatic rings. The largest absolute Gasteiger partial charge is 0.356 e. The highest BCUT2D eigenvalue weighted by atomic mass is 15.2. The van der Waals surface area contributed by atoms with Crippen molar-refractivity contribution in [3.63, 3.8) is 0 Å². The van der Waals surface area contributed by atoms with Crippen LogP contribution in [0.15, 0.2) is 18.3 Å². The van der Waals surface area contributed by atoms with Crippen LogP contribution < -0.4 is 10.6 Å². The first-order chi connectivity index (χ1) is 7.79. The Labute approximate surface area is 97.7 Å². The smallest absolute Gasteiger partial charge is 0.133 e. The molecule has 0 aliphatic carbocycles. The van der Waals surface area contributed by atoms with Gasteiger partial charge in [-0.05, 0) is 25.8 Å². The van der Waals surface area contributed by atoms with Crippen molar-refractivity contribution in [1.82, 2.24) is 4.98 Å². The van der Waals surface area contributed by atoms with Crippen molar-refractivity contribution in [3.8, 4) is 0 Å². The summed E-state index contributed by atoms with van der Waals surface area (Å²) in [5, 5.41) is 0. The summed E-state index contributed by atoms with van der Waals surface area (Å²) >= 11 is 0. The third-order valence-electron chi connectivity index (χ3n) is 3.21. The van der Waals surface area contributed by atoms with E-state index in [2.05, 4.69) is 16.0 Å². The number of hydrogen-bond acceptors (Lipinski definition) is 3. The molecule has 3 nitrogen and oxygen atoms in total. The highest BCUT2D eigenvalue weighted by Gasteiger charge is 2.15. The first-order valence-electron chi connectivity index (χ1n) is 6.24. The van der Waals surface area contributed by atoms with E-state index in [0.29, 0.717) is 0 Å². The molecule has 1 aliphatic heterocycles. The lowest BCUT2D eigenvalue weighted by atomic mass is 10.1. The third-order valence-corrected chi connectivity index (χ3v) is 3.21. The summed E-state index contributed by atoms with van der Waals surface area (Å²) in [6.45, 7) is 4.27. The zero-order chi connectivity index (χ0) is 11.4. The number of rotatable bonds is 2. The number of aromatic nitrogens is 1. The Hall–Kier alpha value is -1.09. The van der Waals surface area contributed by atoms with E-state index in [0.717, 1.165) is 18.9 Å².